The van der Waals surface area contributed by atoms with Gasteiger partial charge in [-0.05, 0) is 39.2 Å². The zero-order chi connectivity index (χ0) is 13.7. The molecule has 1 N–H and O–H groups in total. The van der Waals surface area contributed by atoms with Crippen molar-refractivity contribution in [3.8, 4) is 0 Å². The van der Waals surface area contributed by atoms with Gasteiger partial charge in [-0.15, -0.1) is 0 Å². The van der Waals surface area contributed by atoms with E-state index in [0.29, 0.717) is 0 Å². The summed E-state index contributed by atoms with van der Waals surface area (Å²) in [4.78, 5) is 11.2. The minimum Gasteiger partial charge on any atom is -0.368 e. The quantitative estimate of drug-likeness (QED) is 0.893. The summed E-state index contributed by atoms with van der Waals surface area (Å²) in [5.74, 6) is 1.65. The third-order valence-corrected chi connectivity index (χ3v) is 2.79. The van der Waals surface area contributed by atoms with Crippen molar-refractivity contribution in [2.24, 2.45) is 0 Å². The Morgan fingerprint density at radius 1 is 1.21 bits per heavy atom. The van der Waals surface area contributed by atoms with E-state index in [2.05, 4.69) is 34.3 Å². The van der Waals surface area contributed by atoms with Crippen molar-refractivity contribution in [3.05, 3.63) is 36.2 Å². The predicted molar refractivity (Wildman–Crippen MR) is 81.3 cm³/mol. The molecule has 0 spiro atoms. The third kappa shape index (κ3) is 3.51. The van der Waals surface area contributed by atoms with Gasteiger partial charge in [0.15, 0.2) is 5.82 Å². The minimum atomic E-state index is 0.744. The van der Waals surface area contributed by atoms with Crippen LogP contribution >= 0.6 is 0 Å². The van der Waals surface area contributed by atoms with E-state index in [1.807, 2.05) is 43.3 Å². The molecule has 0 radical (unpaired) electrons. The Kier molecular flexibility index (Phi) is 4.47. The molecular weight excluding hydrogens is 236 g/mol. The highest BCUT2D eigenvalue weighted by atomic mass is 15.1. The summed E-state index contributed by atoms with van der Waals surface area (Å²) >= 11 is 0. The maximum Gasteiger partial charge on any atom is 0.154 e. The molecule has 0 aliphatic carbocycles. The van der Waals surface area contributed by atoms with Crippen LogP contribution in [0.1, 0.15) is 12.7 Å². The highest BCUT2D eigenvalue weighted by Crippen LogP contribution is 2.20. The van der Waals surface area contributed by atoms with Gasteiger partial charge >= 0.3 is 0 Å². The van der Waals surface area contributed by atoms with Crippen LogP contribution in [0.5, 0.6) is 0 Å². The zero-order valence-electron chi connectivity index (χ0n) is 11.7. The van der Waals surface area contributed by atoms with Gasteiger partial charge in [0, 0.05) is 18.5 Å². The molecule has 1 heterocycles. The van der Waals surface area contributed by atoms with E-state index >= 15 is 0 Å². The maximum absolute atomic E-state index is 4.56. The van der Waals surface area contributed by atoms with E-state index in [4.69, 9.17) is 0 Å². The number of hydrogen-bond donors (Lipinski definition) is 1. The number of fused-ring (bicyclic) bond motifs is 1. The highest BCUT2D eigenvalue weighted by Gasteiger charge is 2.05. The number of hydrogen-bond acceptors (Lipinski definition) is 4. The molecular formula is C15H20N4. The molecule has 4 nitrogen and oxygen atoms in total. The largest absolute Gasteiger partial charge is 0.368 e. The third-order valence-electron chi connectivity index (χ3n) is 2.79. The zero-order valence-corrected chi connectivity index (χ0v) is 11.7. The Balaban J connectivity index is 2.33. The van der Waals surface area contributed by atoms with Gasteiger partial charge in [-0.2, -0.15) is 0 Å². The monoisotopic (exact) mass is 256 g/mol. The maximum atomic E-state index is 4.56. The van der Waals surface area contributed by atoms with E-state index in [9.17, 15) is 0 Å². The number of likely N-dealkylation sites (N-methyl/N-ethyl adjacent to an activating group) is 1. The molecule has 0 saturated carbocycles. The van der Waals surface area contributed by atoms with Gasteiger partial charge < -0.3 is 10.2 Å². The highest BCUT2D eigenvalue weighted by molar-refractivity contribution is 5.89. The van der Waals surface area contributed by atoms with Gasteiger partial charge in [0.1, 0.15) is 5.82 Å². The fraction of sp³-hybridized carbons (Fsp3) is 0.333. The van der Waals surface area contributed by atoms with Gasteiger partial charge in [0.05, 0.1) is 5.52 Å². The molecule has 0 unspecified atom stereocenters. The van der Waals surface area contributed by atoms with Gasteiger partial charge in [-0.25, -0.2) is 9.97 Å². The topological polar surface area (TPSA) is 41.1 Å². The molecule has 2 rings (SSSR count). The number of anilines is 1. The van der Waals surface area contributed by atoms with Crippen LogP contribution < -0.4 is 5.32 Å². The Hall–Kier alpha value is -1.94. The summed E-state index contributed by atoms with van der Waals surface area (Å²) in [7, 11) is 4.12. The summed E-state index contributed by atoms with van der Waals surface area (Å²) < 4.78 is 0. The Labute approximate surface area is 114 Å². The summed E-state index contributed by atoms with van der Waals surface area (Å²) in [6.07, 6.45) is 3.87. The van der Waals surface area contributed by atoms with E-state index < -0.39 is 0 Å². The second-order valence-corrected chi connectivity index (χ2v) is 4.68. The van der Waals surface area contributed by atoms with Crippen molar-refractivity contribution in [1.29, 1.82) is 0 Å². The molecule has 1 aromatic carbocycles. The van der Waals surface area contributed by atoms with Gasteiger partial charge in [-0.1, -0.05) is 18.2 Å². The van der Waals surface area contributed by atoms with Crippen LogP contribution in [-0.4, -0.2) is 42.1 Å². The van der Waals surface area contributed by atoms with Crippen molar-refractivity contribution in [3.63, 3.8) is 0 Å². The fourth-order valence-corrected chi connectivity index (χ4v) is 1.85. The van der Waals surface area contributed by atoms with Crippen LogP contribution in [0.4, 0.5) is 5.82 Å². The number of allylic oxidation sites excluding steroid dienone is 1. The lowest BCUT2D eigenvalue weighted by molar-refractivity contribution is 0.425. The van der Waals surface area contributed by atoms with E-state index in [-0.39, 0.29) is 0 Å². The van der Waals surface area contributed by atoms with Crippen molar-refractivity contribution in [1.82, 2.24) is 14.9 Å². The number of nitrogens with zero attached hydrogens (tertiary/aromatic N) is 3. The molecule has 1 aromatic heterocycles. The van der Waals surface area contributed by atoms with Crippen LogP contribution in [0.2, 0.25) is 0 Å². The number of aromatic nitrogens is 2. The molecule has 0 saturated heterocycles. The van der Waals surface area contributed by atoms with Crippen molar-refractivity contribution in [2.45, 2.75) is 6.92 Å². The second kappa shape index (κ2) is 6.29. The fourth-order valence-electron chi connectivity index (χ4n) is 1.85. The number of rotatable bonds is 5. The van der Waals surface area contributed by atoms with Crippen molar-refractivity contribution >= 4 is 22.8 Å². The van der Waals surface area contributed by atoms with Gasteiger partial charge in [0.25, 0.3) is 0 Å². The van der Waals surface area contributed by atoms with Crippen LogP contribution in [0.15, 0.2) is 30.3 Å². The van der Waals surface area contributed by atoms with Crippen LogP contribution in [0.25, 0.3) is 17.0 Å². The van der Waals surface area contributed by atoms with Gasteiger partial charge in [-0.3, -0.25) is 0 Å². The number of para-hydroxylation sites is 1. The van der Waals surface area contributed by atoms with E-state index in [1.54, 1.807) is 0 Å². The first-order valence-electron chi connectivity index (χ1n) is 6.49. The standard InChI is InChI=1S/C15H20N4/c1-4-7-14-17-13-9-6-5-8-12(13)15(18-14)16-10-11-19(2)3/h4-9H,10-11H2,1-3H3,(H,16,17,18). The van der Waals surface area contributed by atoms with Gasteiger partial charge in [0.2, 0.25) is 0 Å². The Morgan fingerprint density at radius 2 is 2.00 bits per heavy atom. The summed E-state index contributed by atoms with van der Waals surface area (Å²) in [6.45, 7) is 3.80. The molecule has 0 bridgehead atoms. The molecule has 4 heteroatoms. The average molecular weight is 256 g/mol. The van der Waals surface area contributed by atoms with Crippen LogP contribution in [0.3, 0.4) is 0 Å². The van der Waals surface area contributed by atoms with Crippen LogP contribution in [0, 0.1) is 0 Å². The molecule has 0 atom stereocenters. The normalized spacial score (nSPS) is 11.6. The lowest BCUT2D eigenvalue weighted by Crippen LogP contribution is -2.21. The molecule has 0 aliphatic rings. The van der Waals surface area contributed by atoms with E-state index in [0.717, 1.165) is 35.6 Å². The molecule has 19 heavy (non-hydrogen) atoms. The Bertz CT molecular complexity index is 575. The minimum absolute atomic E-state index is 0.744. The lowest BCUT2D eigenvalue weighted by Gasteiger charge is -2.12. The Morgan fingerprint density at radius 3 is 2.74 bits per heavy atom. The van der Waals surface area contributed by atoms with Crippen molar-refractivity contribution < 1.29 is 0 Å². The predicted octanol–water partition coefficient (Wildman–Crippen LogP) is 2.64. The smallest absolute Gasteiger partial charge is 0.154 e. The first-order valence-corrected chi connectivity index (χ1v) is 6.49. The first-order chi connectivity index (χ1) is 9.20. The molecule has 2 aromatic rings. The number of nitrogens with one attached hydrogen (secondary N) is 1. The van der Waals surface area contributed by atoms with Crippen molar-refractivity contribution in [2.75, 3.05) is 32.5 Å². The molecule has 100 valence electrons. The lowest BCUT2D eigenvalue weighted by atomic mass is 10.2. The molecule has 0 aliphatic heterocycles. The second-order valence-electron chi connectivity index (χ2n) is 4.68. The summed E-state index contributed by atoms with van der Waals surface area (Å²) in [6, 6.07) is 8.07. The first kappa shape index (κ1) is 13.5. The molecule has 0 amide bonds. The summed E-state index contributed by atoms with van der Waals surface area (Å²) in [5.41, 5.74) is 0.970. The number of benzene rings is 1. The summed E-state index contributed by atoms with van der Waals surface area (Å²) in [5, 5.41) is 4.46. The molecule has 0 fully saturated rings. The van der Waals surface area contributed by atoms with Crippen LogP contribution in [-0.2, 0) is 0 Å². The average Bonchev–Trinajstić information content (AvgIpc) is 2.38. The van der Waals surface area contributed by atoms with E-state index in [1.165, 1.54) is 0 Å². The SMILES string of the molecule is CC=Cc1nc(NCCN(C)C)c2ccccc2n1.